The topological polar surface area (TPSA) is 67.4 Å². The summed E-state index contributed by atoms with van der Waals surface area (Å²) in [6.07, 6.45) is 0. The molecule has 6 heteroatoms. The molecule has 0 aliphatic rings. The van der Waals surface area contributed by atoms with E-state index in [0.717, 1.165) is 0 Å². The van der Waals surface area contributed by atoms with Crippen LogP contribution in [0.5, 0.6) is 0 Å². The summed E-state index contributed by atoms with van der Waals surface area (Å²) in [5.74, 6) is 0. The van der Waals surface area contributed by atoms with Crippen molar-refractivity contribution >= 4 is 15.7 Å². The predicted molar refractivity (Wildman–Crippen MR) is 72.3 cm³/mol. The van der Waals surface area contributed by atoms with Crippen LogP contribution >= 0.6 is 0 Å². The van der Waals surface area contributed by atoms with Gasteiger partial charge in [0, 0.05) is 7.11 Å². The van der Waals surface area contributed by atoms with Gasteiger partial charge in [0.15, 0.2) is 0 Å². The van der Waals surface area contributed by atoms with E-state index in [1.54, 1.807) is 31.4 Å². The Morgan fingerprint density at radius 3 is 2.44 bits per heavy atom. The minimum absolute atomic E-state index is 0.233. The van der Waals surface area contributed by atoms with Gasteiger partial charge in [-0.3, -0.25) is 0 Å². The first-order valence-electron chi connectivity index (χ1n) is 5.62. The van der Waals surface area contributed by atoms with Crippen molar-refractivity contribution in [2.75, 3.05) is 26.1 Å². The lowest BCUT2D eigenvalue weighted by Crippen LogP contribution is -2.36. The molecule has 0 saturated heterocycles. The molecule has 102 valence electrons. The number of sulfonamides is 1. The molecular formula is C12H20N2O3S. The minimum atomic E-state index is -3.47. The van der Waals surface area contributed by atoms with Crippen molar-refractivity contribution in [3.05, 3.63) is 24.3 Å². The van der Waals surface area contributed by atoms with Gasteiger partial charge in [0.1, 0.15) is 4.90 Å². The Morgan fingerprint density at radius 2 is 1.89 bits per heavy atom. The third-order valence-corrected chi connectivity index (χ3v) is 3.90. The SMILES string of the molecule is CNS(=O)(=O)c1ccccc1NC(C)(C)COC. The predicted octanol–water partition coefficient (Wildman–Crippen LogP) is 1.43. The highest BCUT2D eigenvalue weighted by Crippen LogP contribution is 2.23. The van der Waals surface area contributed by atoms with Gasteiger partial charge in [-0.1, -0.05) is 12.1 Å². The van der Waals surface area contributed by atoms with Crippen LogP contribution in [0.4, 0.5) is 5.69 Å². The average Bonchev–Trinajstić information content (AvgIpc) is 2.28. The highest BCUT2D eigenvalue weighted by atomic mass is 32.2. The van der Waals surface area contributed by atoms with Crippen LogP contribution in [0.15, 0.2) is 29.2 Å². The fraction of sp³-hybridized carbons (Fsp3) is 0.500. The largest absolute Gasteiger partial charge is 0.382 e. The third kappa shape index (κ3) is 3.69. The highest BCUT2D eigenvalue weighted by molar-refractivity contribution is 7.89. The van der Waals surface area contributed by atoms with Crippen LogP contribution in [0.25, 0.3) is 0 Å². The average molecular weight is 272 g/mol. The molecule has 0 atom stereocenters. The van der Waals surface area contributed by atoms with Gasteiger partial charge < -0.3 is 10.1 Å². The van der Waals surface area contributed by atoms with Crippen molar-refractivity contribution in [3.63, 3.8) is 0 Å². The molecule has 0 aliphatic heterocycles. The molecule has 0 heterocycles. The van der Waals surface area contributed by atoms with Gasteiger partial charge in [0.2, 0.25) is 10.0 Å². The van der Waals surface area contributed by atoms with Gasteiger partial charge in [-0.25, -0.2) is 13.1 Å². The molecule has 0 saturated carbocycles. The van der Waals surface area contributed by atoms with Crippen LogP contribution in [0, 0.1) is 0 Å². The maximum Gasteiger partial charge on any atom is 0.242 e. The smallest absolute Gasteiger partial charge is 0.242 e. The second-order valence-corrected chi connectivity index (χ2v) is 6.50. The lowest BCUT2D eigenvalue weighted by atomic mass is 10.1. The maximum absolute atomic E-state index is 11.9. The molecule has 0 bridgehead atoms. The lowest BCUT2D eigenvalue weighted by molar-refractivity contribution is 0.158. The molecule has 0 spiro atoms. The van der Waals surface area contributed by atoms with E-state index in [-0.39, 0.29) is 10.4 Å². The fourth-order valence-corrected chi connectivity index (χ4v) is 2.56. The van der Waals surface area contributed by atoms with E-state index in [0.29, 0.717) is 12.3 Å². The minimum Gasteiger partial charge on any atom is -0.382 e. The third-order valence-electron chi connectivity index (χ3n) is 2.42. The molecule has 5 nitrogen and oxygen atoms in total. The fourth-order valence-electron chi connectivity index (χ4n) is 1.68. The van der Waals surface area contributed by atoms with Crippen molar-refractivity contribution in [2.24, 2.45) is 0 Å². The van der Waals surface area contributed by atoms with Crippen LogP contribution in [0.3, 0.4) is 0 Å². The number of benzene rings is 1. The number of methoxy groups -OCH3 is 1. The van der Waals surface area contributed by atoms with Gasteiger partial charge in [-0.2, -0.15) is 0 Å². The Morgan fingerprint density at radius 1 is 1.28 bits per heavy atom. The van der Waals surface area contributed by atoms with E-state index in [9.17, 15) is 8.42 Å². The Bertz CT molecular complexity index is 498. The van der Waals surface area contributed by atoms with Crippen LogP contribution in [0.1, 0.15) is 13.8 Å². The summed E-state index contributed by atoms with van der Waals surface area (Å²) in [7, 11) is -0.463. The monoisotopic (exact) mass is 272 g/mol. The number of hydrogen-bond donors (Lipinski definition) is 2. The zero-order valence-corrected chi connectivity index (χ0v) is 12.0. The molecule has 0 radical (unpaired) electrons. The molecule has 1 aromatic rings. The van der Waals surface area contributed by atoms with Crippen molar-refractivity contribution in [2.45, 2.75) is 24.3 Å². The van der Waals surface area contributed by atoms with Crippen LogP contribution in [-0.4, -0.2) is 34.7 Å². The molecule has 18 heavy (non-hydrogen) atoms. The Balaban J connectivity index is 3.11. The second-order valence-electron chi connectivity index (χ2n) is 4.65. The Kier molecular flexibility index (Phi) is 4.72. The second kappa shape index (κ2) is 5.69. The van der Waals surface area contributed by atoms with Gasteiger partial charge in [0.25, 0.3) is 0 Å². The lowest BCUT2D eigenvalue weighted by Gasteiger charge is -2.27. The number of nitrogens with one attached hydrogen (secondary N) is 2. The van der Waals surface area contributed by atoms with Crippen molar-refractivity contribution in [1.82, 2.24) is 4.72 Å². The van der Waals surface area contributed by atoms with Crippen molar-refractivity contribution in [3.8, 4) is 0 Å². The molecular weight excluding hydrogens is 252 g/mol. The normalized spacial score (nSPS) is 12.4. The Labute approximate surface area is 109 Å². The zero-order valence-electron chi connectivity index (χ0n) is 11.1. The van der Waals surface area contributed by atoms with Crippen LogP contribution in [-0.2, 0) is 14.8 Å². The summed E-state index contributed by atoms with van der Waals surface area (Å²) in [6.45, 7) is 4.36. The summed E-state index contributed by atoms with van der Waals surface area (Å²) < 4.78 is 31.2. The molecule has 0 aliphatic carbocycles. The number of anilines is 1. The zero-order chi connectivity index (χ0) is 13.8. The van der Waals surface area contributed by atoms with Crippen LogP contribution < -0.4 is 10.0 Å². The van der Waals surface area contributed by atoms with E-state index in [4.69, 9.17) is 4.74 Å². The van der Waals surface area contributed by atoms with Gasteiger partial charge in [-0.15, -0.1) is 0 Å². The number of ether oxygens (including phenoxy) is 1. The number of para-hydroxylation sites is 1. The van der Waals surface area contributed by atoms with E-state index in [1.165, 1.54) is 7.05 Å². The maximum atomic E-state index is 11.9. The molecule has 0 fully saturated rings. The van der Waals surface area contributed by atoms with Crippen molar-refractivity contribution < 1.29 is 13.2 Å². The molecule has 1 aromatic carbocycles. The van der Waals surface area contributed by atoms with Gasteiger partial charge >= 0.3 is 0 Å². The van der Waals surface area contributed by atoms with Crippen LogP contribution in [0.2, 0.25) is 0 Å². The molecule has 0 unspecified atom stereocenters. The van der Waals surface area contributed by atoms with E-state index >= 15 is 0 Å². The first-order valence-corrected chi connectivity index (χ1v) is 7.10. The number of hydrogen-bond acceptors (Lipinski definition) is 4. The van der Waals surface area contributed by atoms with Gasteiger partial charge in [0.05, 0.1) is 17.8 Å². The standard InChI is InChI=1S/C12H20N2O3S/c1-12(2,9-17-4)14-10-7-5-6-8-11(10)18(15,16)13-3/h5-8,13-14H,9H2,1-4H3. The quantitative estimate of drug-likeness (QED) is 0.822. The van der Waals surface area contributed by atoms with Crippen molar-refractivity contribution in [1.29, 1.82) is 0 Å². The summed E-state index contributed by atoms with van der Waals surface area (Å²) in [4.78, 5) is 0.233. The van der Waals surface area contributed by atoms with Gasteiger partial charge in [-0.05, 0) is 33.0 Å². The number of rotatable bonds is 6. The highest BCUT2D eigenvalue weighted by Gasteiger charge is 2.22. The Hall–Kier alpha value is -1.11. The first-order chi connectivity index (χ1) is 8.32. The molecule has 2 N–H and O–H groups in total. The van der Waals surface area contributed by atoms with E-state index < -0.39 is 10.0 Å². The summed E-state index contributed by atoms with van der Waals surface area (Å²) in [5, 5.41) is 3.18. The molecule has 1 rings (SSSR count). The first kappa shape index (κ1) is 14.9. The summed E-state index contributed by atoms with van der Waals surface area (Å²) in [5.41, 5.74) is 0.211. The summed E-state index contributed by atoms with van der Waals surface area (Å²) in [6, 6.07) is 6.79. The molecule has 0 amide bonds. The van der Waals surface area contributed by atoms with E-state index in [2.05, 4.69) is 10.0 Å². The summed E-state index contributed by atoms with van der Waals surface area (Å²) >= 11 is 0. The van der Waals surface area contributed by atoms with E-state index in [1.807, 2.05) is 13.8 Å². The molecule has 0 aromatic heterocycles.